The molecular formula is C31H47N3O. The van der Waals surface area contributed by atoms with Crippen LogP contribution in [0.2, 0.25) is 0 Å². The van der Waals surface area contributed by atoms with Crippen LogP contribution in [0.3, 0.4) is 0 Å². The molecule has 0 spiro atoms. The number of carbonyl (C=O) groups is 1. The topological polar surface area (TPSA) is 35.6 Å². The molecule has 0 aromatic heterocycles. The fourth-order valence-corrected chi connectivity index (χ4v) is 5.47. The summed E-state index contributed by atoms with van der Waals surface area (Å²) in [5.41, 5.74) is 2.39. The molecule has 1 aliphatic heterocycles. The second-order valence-corrected chi connectivity index (χ2v) is 10.7. The Morgan fingerprint density at radius 1 is 0.829 bits per heavy atom. The molecule has 4 heteroatoms. The maximum Gasteiger partial charge on any atom is 0.239 e. The lowest BCUT2D eigenvalue weighted by molar-refractivity contribution is -0.136. The predicted octanol–water partition coefficient (Wildman–Crippen LogP) is 6.14. The summed E-state index contributed by atoms with van der Waals surface area (Å²) < 4.78 is 0. The quantitative estimate of drug-likeness (QED) is 0.376. The molecule has 0 saturated carbocycles. The van der Waals surface area contributed by atoms with Crippen molar-refractivity contribution < 1.29 is 4.79 Å². The second-order valence-electron chi connectivity index (χ2n) is 10.7. The van der Waals surface area contributed by atoms with Crippen molar-refractivity contribution in [1.82, 2.24) is 15.1 Å². The van der Waals surface area contributed by atoms with Gasteiger partial charge in [-0.2, -0.15) is 0 Å². The van der Waals surface area contributed by atoms with Gasteiger partial charge < -0.3 is 4.90 Å². The molecule has 1 amide bonds. The van der Waals surface area contributed by atoms with Crippen LogP contribution in [0, 0.1) is 11.8 Å². The first-order chi connectivity index (χ1) is 17.0. The molecule has 1 N–H and O–H groups in total. The van der Waals surface area contributed by atoms with E-state index in [1.165, 1.54) is 43.4 Å². The molecule has 192 valence electrons. The van der Waals surface area contributed by atoms with Crippen molar-refractivity contribution >= 4 is 5.91 Å². The largest absolute Gasteiger partial charge is 0.339 e. The van der Waals surface area contributed by atoms with Crippen LogP contribution in [0.15, 0.2) is 60.7 Å². The zero-order valence-electron chi connectivity index (χ0n) is 22.5. The van der Waals surface area contributed by atoms with E-state index in [2.05, 4.69) is 91.3 Å². The van der Waals surface area contributed by atoms with Gasteiger partial charge in [-0.15, -0.1) is 0 Å². The molecule has 0 radical (unpaired) electrons. The van der Waals surface area contributed by atoms with E-state index in [0.717, 1.165) is 38.5 Å². The summed E-state index contributed by atoms with van der Waals surface area (Å²) in [5.74, 6) is 1.49. The zero-order chi connectivity index (χ0) is 25.0. The minimum Gasteiger partial charge on any atom is -0.339 e. The van der Waals surface area contributed by atoms with Crippen molar-refractivity contribution in [1.29, 1.82) is 0 Å². The number of hydrogen-bond acceptors (Lipinski definition) is 3. The second kappa shape index (κ2) is 14.4. The van der Waals surface area contributed by atoms with Gasteiger partial charge in [-0.1, -0.05) is 101 Å². The Hall–Kier alpha value is -2.17. The summed E-state index contributed by atoms with van der Waals surface area (Å²) in [6, 6.07) is 20.8. The van der Waals surface area contributed by atoms with Gasteiger partial charge in [0.25, 0.3) is 0 Å². The summed E-state index contributed by atoms with van der Waals surface area (Å²) in [6.45, 7) is 13.8. The van der Waals surface area contributed by atoms with Gasteiger partial charge in [0.2, 0.25) is 5.91 Å². The Bertz CT molecular complexity index is 801. The minimum absolute atomic E-state index is 0.00441. The number of piperazine rings is 1. The summed E-state index contributed by atoms with van der Waals surface area (Å²) in [7, 11) is 0. The van der Waals surface area contributed by atoms with Gasteiger partial charge in [0, 0.05) is 32.7 Å². The summed E-state index contributed by atoms with van der Waals surface area (Å²) in [4.78, 5) is 18.5. The standard InChI is InChI=1S/C31H47N3O/c1-5-13-26(14-6-2)24-33-19-21-34(22-20-33)31(35)29(23-25(3)4)32-30(27-15-9-7-10-16-27)28-17-11-8-12-18-28/h7-12,15-18,25-26,29-30,32H,5-6,13-14,19-24H2,1-4H3/t29-/m1/s1. The third-order valence-electron chi connectivity index (χ3n) is 7.23. The molecule has 1 aliphatic rings. The van der Waals surface area contributed by atoms with E-state index in [9.17, 15) is 4.79 Å². The number of carbonyl (C=O) groups excluding carboxylic acids is 1. The van der Waals surface area contributed by atoms with Crippen LogP contribution in [0.4, 0.5) is 0 Å². The van der Waals surface area contributed by atoms with Crippen molar-refractivity contribution in [2.24, 2.45) is 11.8 Å². The Morgan fingerprint density at radius 3 is 1.80 bits per heavy atom. The van der Waals surface area contributed by atoms with Gasteiger partial charge in [0.15, 0.2) is 0 Å². The van der Waals surface area contributed by atoms with Crippen LogP contribution < -0.4 is 5.32 Å². The van der Waals surface area contributed by atoms with Gasteiger partial charge >= 0.3 is 0 Å². The molecular weight excluding hydrogens is 430 g/mol. The maximum absolute atomic E-state index is 13.8. The Balaban J connectivity index is 1.69. The highest BCUT2D eigenvalue weighted by atomic mass is 16.2. The highest BCUT2D eigenvalue weighted by molar-refractivity contribution is 5.82. The molecule has 1 fully saturated rings. The van der Waals surface area contributed by atoms with E-state index in [-0.39, 0.29) is 18.0 Å². The fourth-order valence-electron chi connectivity index (χ4n) is 5.47. The molecule has 0 aliphatic carbocycles. The average Bonchev–Trinajstić information content (AvgIpc) is 2.87. The normalized spacial score (nSPS) is 15.8. The lowest BCUT2D eigenvalue weighted by Gasteiger charge is -2.39. The van der Waals surface area contributed by atoms with E-state index in [0.29, 0.717) is 5.92 Å². The molecule has 4 nitrogen and oxygen atoms in total. The van der Waals surface area contributed by atoms with E-state index >= 15 is 0 Å². The smallest absolute Gasteiger partial charge is 0.239 e. The number of hydrogen-bond donors (Lipinski definition) is 1. The zero-order valence-corrected chi connectivity index (χ0v) is 22.5. The number of nitrogens with one attached hydrogen (secondary N) is 1. The SMILES string of the molecule is CCCC(CCC)CN1CCN(C(=O)[C@@H](CC(C)C)NC(c2ccccc2)c2ccccc2)CC1. The number of amides is 1. The van der Waals surface area contributed by atoms with Crippen LogP contribution >= 0.6 is 0 Å². The molecule has 0 bridgehead atoms. The number of rotatable bonds is 13. The first-order valence-corrected chi connectivity index (χ1v) is 13.9. The fraction of sp³-hybridized carbons (Fsp3) is 0.581. The average molecular weight is 478 g/mol. The van der Waals surface area contributed by atoms with Crippen LogP contribution in [0.1, 0.15) is 77.0 Å². The van der Waals surface area contributed by atoms with E-state index in [1.54, 1.807) is 0 Å². The summed E-state index contributed by atoms with van der Waals surface area (Å²) in [5, 5.41) is 3.79. The third-order valence-corrected chi connectivity index (χ3v) is 7.23. The number of nitrogens with zero attached hydrogens (tertiary/aromatic N) is 2. The Kier molecular flexibility index (Phi) is 11.3. The highest BCUT2D eigenvalue weighted by Crippen LogP contribution is 2.24. The van der Waals surface area contributed by atoms with E-state index < -0.39 is 0 Å². The van der Waals surface area contributed by atoms with Crippen molar-refractivity contribution in [3.05, 3.63) is 71.8 Å². The monoisotopic (exact) mass is 477 g/mol. The number of benzene rings is 2. The molecule has 1 atom stereocenters. The van der Waals surface area contributed by atoms with Gasteiger partial charge in [-0.05, 0) is 42.2 Å². The van der Waals surface area contributed by atoms with Crippen LogP contribution in [0.25, 0.3) is 0 Å². The van der Waals surface area contributed by atoms with Crippen LogP contribution in [0.5, 0.6) is 0 Å². The Labute approximate surface area is 214 Å². The van der Waals surface area contributed by atoms with Crippen LogP contribution in [-0.2, 0) is 4.79 Å². The summed E-state index contributed by atoms with van der Waals surface area (Å²) in [6.07, 6.45) is 5.98. The van der Waals surface area contributed by atoms with Gasteiger partial charge in [0.1, 0.15) is 0 Å². The Morgan fingerprint density at radius 2 is 1.34 bits per heavy atom. The van der Waals surface area contributed by atoms with E-state index in [4.69, 9.17) is 0 Å². The minimum atomic E-state index is -0.195. The van der Waals surface area contributed by atoms with E-state index in [1.807, 2.05) is 12.1 Å². The lowest BCUT2D eigenvalue weighted by Crippen LogP contribution is -2.55. The molecule has 3 rings (SSSR count). The molecule has 2 aromatic carbocycles. The predicted molar refractivity (Wildman–Crippen MR) is 147 cm³/mol. The van der Waals surface area contributed by atoms with Crippen molar-refractivity contribution in [3.63, 3.8) is 0 Å². The summed E-state index contributed by atoms with van der Waals surface area (Å²) >= 11 is 0. The lowest BCUT2D eigenvalue weighted by atomic mass is 9.95. The van der Waals surface area contributed by atoms with Gasteiger partial charge in [-0.25, -0.2) is 0 Å². The van der Waals surface area contributed by atoms with Gasteiger partial charge in [0.05, 0.1) is 12.1 Å². The third kappa shape index (κ3) is 8.47. The molecule has 2 aromatic rings. The highest BCUT2D eigenvalue weighted by Gasteiger charge is 2.31. The van der Waals surface area contributed by atoms with Crippen LogP contribution in [-0.4, -0.2) is 54.5 Å². The molecule has 35 heavy (non-hydrogen) atoms. The van der Waals surface area contributed by atoms with Crippen molar-refractivity contribution in [2.75, 3.05) is 32.7 Å². The molecule has 1 heterocycles. The molecule has 1 saturated heterocycles. The maximum atomic E-state index is 13.8. The van der Waals surface area contributed by atoms with Crippen molar-refractivity contribution in [3.8, 4) is 0 Å². The first kappa shape index (κ1) is 27.4. The molecule has 0 unspecified atom stereocenters. The van der Waals surface area contributed by atoms with Crippen molar-refractivity contribution in [2.45, 2.75) is 71.9 Å². The van der Waals surface area contributed by atoms with Gasteiger partial charge in [-0.3, -0.25) is 15.0 Å². The first-order valence-electron chi connectivity index (χ1n) is 13.9.